The Morgan fingerprint density at radius 3 is 2.56 bits per heavy atom. The third kappa shape index (κ3) is 2.75. The van der Waals surface area contributed by atoms with Gasteiger partial charge in [0.1, 0.15) is 5.01 Å². The van der Waals surface area contributed by atoms with Gasteiger partial charge in [-0.15, -0.1) is 11.3 Å². The van der Waals surface area contributed by atoms with Crippen molar-refractivity contribution in [2.45, 2.75) is 17.5 Å². The average Bonchev–Trinajstić information content (AvgIpc) is 2.83. The van der Waals surface area contributed by atoms with E-state index in [0.717, 1.165) is 0 Å². The molecule has 2 rings (SSSR count). The zero-order valence-electron chi connectivity index (χ0n) is 9.57. The number of thiazole rings is 1. The molecule has 1 heterocycles. The third-order valence-electron chi connectivity index (χ3n) is 2.24. The van der Waals surface area contributed by atoms with Crippen LogP contribution in [-0.2, 0) is 15.7 Å². The van der Waals surface area contributed by atoms with Crippen molar-refractivity contribution in [3.05, 3.63) is 46.9 Å². The molecule has 7 heteroatoms. The van der Waals surface area contributed by atoms with Crippen LogP contribution in [0.2, 0.25) is 0 Å². The number of rotatable bonds is 4. The standard InChI is InChI=1S/C11H12N2O3S2/c1-11(14,10-12-7-8-17-10)13-18(15,16)9-5-3-2-4-6-9/h2-8,13-14H,1H3. The number of aromatic nitrogens is 1. The lowest BCUT2D eigenvalue weighted by Crippen LogP contribution is -2.43. The number of nitrogens with one attached hydrogen (secondary N) is 1. The molecule has 0 saturated carbocycles. The van der Waals surface area contributed by atoms with Crippen molar-refractivity contribution in [1.29, 1.82) is 0 Å². The number of nitrogens with zero attached hydrogens (tertiary/aromatic N) is 1. The first-order valence-corrected chi connectivity index (χ1v) is 7.49. The Morgan fingerprint density at radius 1 is 1.33 bits per heavy atom. The lowest BCUT2D eigenvalue weighted by Gasteiger charge is -2.21. The monoisotopic (exact) mass is 284 g/mol. The SMILES string of the molecule is CC(O)(NS(=O)(=O)c1ccccc1)c1nccs1. The molecule has 18 heavy (non-hydrogen) atoms. The van der Waals surface area contributed by atoms with Gasteiger partial charge in [-0.25, -0.2) is 13.4 Å². The summed E-state index contributed by atoms with van der Waals surface area (Å²) in [6.45, 7) is 1.35. The number of sulfonamides is 1. The van der Waals surface area contributed by atoms with Crippen molar-refractivity contribution in [1.82, 2.24) is 9.71 Å². The van der Waals surface area contributed by atoms with Crippen LogP contribution in [0.3, 0.4) is 0 Å². The lowest BCUT2D eigenvalue weighted by molar-refractivity contribution is 0.0449. The molecule has 96 valence electrons. The fraction of sp³-hybridized carbons (Fsp3) is 0.182. The van der Waals surface area contributed by atoms with Gasteiger partial charge in [0.25, 0.3) is 0 Å². The molecule has 1 unspecified atom stereocenters. The molecule has 1 aromatic heterocycles. The molecular weight excluding hydrogens is 272 g/mol. The van der Waals surface area contributed by atoms with Crippen molar-refractivity contribution in [2.24, 2.45) is 0 Å². The summed E-state index contributed by atoms with van der Waals surface area (Å²) in [4.78, 5) is 4.01. The molecule has 2 N–H and O–H groups in total. The summed E-state index contributed by atoms with van der Waals surface area (Å²) in [6, 6.07) is 7.87. The van der Waals surface area contributed by atoms with Crippen LogP contribution in [0.1, 0.15) is 11.9 Å². The minimum absolute atomic E-state index is 0.0989. The van der Waals surface area contributed by atoms with Gasteiger partial charge in [-0.3, -0.25) is 0 Å². The minimum Gasteiger partial charge on any atom is -0.369 e. The van der Waals surface area contributed by atoms with Crippen LogP contribution < -0.4 is 4.72 Å². The summed E-state index contributed by atoms with van der Waals surface area (Å²) >= 11 is 1.18. The Bertz CT molecular complexity index is 607. The highest BCUT2D eigenvalue weighted by Crippen LogP contribution is 2.22. The van der Waals surface area contributed by atoms with Crippen LogP contribution in [0.4, 0.5) is 0 Å². The van der Waals surface area contributed by atoms with Crippen LogP contribution in [0.15, 0.2) is 46.8 Å². The zero-order chi connectivity index (χ0) is 13.2. The Kier molecular flexibility index (Phi) is 3.49. The zero-order valence-corrected chi connectivity index (χ0v) is 11.2. The fourth-order valence-electron chi connectivity index (χ4n) is 1.43. The quantitative estimate of drug-likeness (QED) is 0.829. The lowest BCUT2D eigenvalue weighted by atomic mass is 10.3. The molecule has 0 aliphatic carbocycles. The van der Waals surface area contributed by atoms with Crippen molar-refractivity contribution in [3.63, 3.8) is 0 Å². The fourth-order valence-corrected chi connectivity index (χ4v) is 3.40. The Morgan fingerprint density at radius 2 is 2.00 bits per heavy atom. The smallest absolute Gasteiger partial charge is 0.243 e. The van der Waals surface area contributed by atoms with E-state index in [4.69, 9.17) is 0 Å². The summed E-state index contributed by atoms with van der Waals surface area (Å²) in [6.07, 6.45) is 1.51. The molecule has 0 amide bonds. The van der Waals surface area contributed by atoms with Crippen molar-refractivity contribution in [3.8, 4) is 0 Å². The van der Waals surface area contributed by atoms with Crippen LogP contribution >= 0.6 is 11.3 Å². The molecule has 0 radical (unpaired) electrons. The summed E-state index contributed by atoms with van der Waals surface area (Å²) in [5.41, 5.74) is -1.72. The van der Waals surface area contributed by atoms with Crippen LogP contribution in [0.5, 0.6) is 0 Å². The second kappa shape index (κ2) is 4.77. The molecule has 0 fully saturated rings. The van der Waals surface area contributed by atoms with Gasteiger partial charge in [0, 0.05) is 11.6 Å². The topological polar surface area (TPSA) is 79.3 Å². The summed E-state index contributed by atoms with van der Waals surface area (Å²) in [5.74, 6) is 0. The predicted octanol–water partition coefficient (Wildman–Crippen LogP) is 1.29. The van der Waals surface area contributed by atoms with E-state index in [1.165, 1.54) is 36.6 Å². The van der Waals surface area contributed by atoms with E-state index < -0.39 is 15.7 Å². The first kappa shape index (κ1) is 13.2. The number of aliphatic hydroxyl groups is 1. The van der Waals surface area contributed by atoms with Crippen molar-refractivity contribution < 1.29 is 13.5 Å². The van der Waals surface area contributed by atoms with E-state index >= 15 is 0 Å². The van der Waals surface area contributed by atoms with E-state index in [1.807, 2.05) is 0 Å². The molecule has 0 bridgehead atoms. The van der Waals surface area contributed by atoms with Gasteiger partial charge in [-0.1, -0.05) is 18.2 Å². The molecule has 0 aliphatic rings. The molecule has 1 aromatic carbocycles. The van der Waals surface area contributed by atoms with Gasteiger partial charge in [-0.05, 0) is 19.1 Å². The first-order valence-electron chi connectivity index (χ1n) is 5.13. The minimum atomic E-state index is -3.78. The maximum atomic E-state index is 12.0. The van der Waals surface area contributed by atoms with Gasteiger partial charge in [0.2, 0.25) is 10.0 Å². The highest BCUT2D eigenvalue weighted by atomic mass is 32.2. The maximum absolute atomic E-state index is 12.0. The van der Waals surface area contributed by atoms with Crippen LogP contribution in [0, 0.1) is 0 Å². The maximum Gasteiger partial charge on any atom is 0.243 e. The van der Waals surface area contributed by atoms with Gasteiger partial charge >= 0.3 is 0 Å². The molecule has 5 nitrogen and oxygen atoms in total. The van der Waals surface area contributed by atoms with Gasteiger partial charge in [-0.2, -0.15) is 4.72 Å². The second-order valence-electron chi connectivity index (χ2n) is 3.83. The Balaban J connectivity index is 2.29. The second-order valence-corrected chi connectivity index (χ2v) is 6.40. The van der Waals surface area contributed by atoms with E-state index in [0.29, 0.717) is 5.01 Å². The normalized spacial score (nSPS) is 15.2. The highest BCUT2D eigenvalue weighted by Gasteiger charge is 2.32. The Hall–Kier alpha value is -1.28. The molecule has 0 saturated heterocycles. The molecule has 1 atom stereocenters. The number of hydrogen-bond donors (Lipinski definition) is 2. The molecule has 0 spiro atoms. The number of benzene rings is 1. The van der Waals surface area contributed by atoms with Gasteiger partial charge < -0.3 is 5.11 Å². The summed E-state index contributed by atoms with van der Waals surface area (Å²) < 4.78 is 26.3. The van der Waals surface area contributed by atoms with E-state index in [-0.39, 0.29) is 4.90 Å². The van der Waals surface area contributed by atoms with Crippen LogP contribution in [-0.4, -0.2) is 18.5 Å². The van der Waals surface area contributed by atoms with E-state index in [2.05, 4.69) is 9.71 Å². The molecule has 2 aromatic rings. The first-order chi connectivity index (χ1) is 8.42. The van der Waals surface area contributed by atoms with Crippen molar-refractivity contribution in [2.75, 3.05) is 0 Å². The van der Waals surface area contributed by atoms with E-state index in [1.54, 1.807) is 23.6 Å². The molecular formula is C11H12N2O3S2. The summed E-state index contributed by atoms with van der Waals surface area (Å²) in [7, 11) is -3.78. The third-order valence-corrected chi connectivity index (χ3v) is 4.78. The van der Waals surface area contributed by atoms with Gasteiger partial charge in [0.05, 0.1) is 4.90 Å². The van der Waals surface area contributed by atoms with Crippen molar-refractivity contribution >= 4 is 21.4 Å². The number of hydrogen-bond acceptors (Lipinski definition) is 5. The molecule has 0 aliphatic heterocycles. The Labute approximate surface area is 109 Å². The summed E-state index contributed by atoms with van der Waals surface area (Å²) in [5, 5.41) is 12.1. The highest BCUT2D eigenvalue weighted by molar-refractivity contribution is 7.89. The average molecular weight is 284 g/mol. The largest absolute Gasteiger partial charge is 0.369 e. The predicted molar refractivity (Wildman–Crippen MR) is 68.4 cm³/mol. The van der Waals surface area contributed by atoms with Crippen LogP contribution in [0.25, 0.3) is 0 Å². The van der Waals surface area contributed by atoms with Gasteiger partial charge in [0.15, 0.2) is 5.72 Å². The van der Waals surface area contributed by atoms with E-state index in [9.17, 15) is 13.5 Å².